The second-order valence-electron chi connectivity index (χ2n) is 3.42. The summed E-state index contributed by atoms with van der Waals surface area (Å²) in [4.78, 5) is 12.7. The number of amides is 1. The van der Waals surface area contributed by atoms with Gasteiger partial charge in [-0.1, -0.05) is 6.07 Å². The molecule has 76 valence electrons. The first-order chi connectivity index (χ1) is 6.86. The second-order valence-corrected chi connectivity index (χ2v) is 4.45. The highest BCUT2D eigenvalue weighted by Gasteiger charge is 2.20. The Morgan fingerprint density at radius 3 is 3.14 bits per heavy atom. The van der Waals surface area contributed by atoms with Crippen LogP contribution in [-0.2, 0) is 11.2 Å². The maximum atomic E-state index is 11.4. The molecule has 2 N–H and O–H groups in total. The van der Waals surface area contributed by atoms with Crippen molar-refractivity contribution in [3.63, 3.8) is 0 Å². The fourth-order valence-corrected chi connectivity index (χ4v) is 2.35. The molecule has 1 atom stereocenters. The lowest BCUT2D eigenvalue weighted by atomic mass is 10.1. The van der Waals surface area contributed by atoms with E-state index in [1.165, 1.54) is 4.88 Å². The Hall–Kier alpha value is -0.870. The van der Waals surface area contributed by atoms with E-state index in [0.29, 0.717) is 0 Å². The van der Waals surface area contributed by atoms with Crippen LogP contribution in [0.15, 0.2) is 17.5 Å². The van der Waals surface area contributed by atoms with Gasteiger partial charge in [0, 0.05) is 18.0 Å². The maximum absolute atomic E-state index is 11.4. The molecule has 14 heavy (non-hydrogen) atoms. The summed E-state index contributed by atoms with van der Waals surface area (Å²) in [5.74, 6) is 0.146. The summed E-state index contributed by atoms with van der Waals surface area (Å²) >= 11 is 1.75. The van der Waals surface area contributed by atoms with Crippen molar-refractivity contribution in [2.45, 2.75) is 18.9 Å². The van der Waals surface area contributed by atoms with Crippen LogP contribution in [0.4, 0.5) is 0 Å². The highest BCUT2D eigenvalue weighted by atomic mass is 32.1. The van der Waals surface area contributed by atoms with Gasteiger partial charge in [0.25, 0.3) is 0 Å². The Labute approximate surface area is 87.5 Å². The molecule has 1 aromatic heterocycles. The van der Waals surface area contributed by atoms with Gasteiger partial charge in [-0.3, -0.25) is 4.79 Å². The number of rotatable bonds is 3. The minimum atomic E-state index is 0.00542. The first-order valence-electron chi connectivity index (χ1n) is 4.90. The van der Waals surface area contributed by atoms with E-state index in [1.54, 1.807) is 11.3 Å². The van der Waals surface area contributed by atoms with Gasteiger partial charge < -0.3 is 10.6 Å². The average Bonchev–Trinajstić information content (AvgIpc) is 2.69. The summed E-state index contributed by atoms with van der Waals surface area (Å²) in [5, 5.41) is 8.16. The zero-order valence-corrected chi connectivity index (χ0v) is 8.77. The van der Waals surface area contributed by atoms with Gasteiger partial charge >= 0.3 is 0 Å². The maximum Gasteiger partial charge on any atom is 0.237 e. The van der Waals surface area contributed by atoms with Gasteiger partial charge in [-0.2, -0.15) is 0 Å². The van der Waals surface area contributed by atoms with Crippen LogP contribution < -0.4 is 10.6 Å². The van der Waals surface area contributed by atoms with E-state index < -0.39 is 0 Å². The van der Waals surface area contributed by atoms with Crippen LogP contribution in [0.3, 0.4) is 0 Å². The van der Waals surface area contributed by atoms with Crippen LogP contribution in [0.2, 0.25) is 0 Å². The van der Waals surface area contributed by atoms with Crippen molar-refractivity contribution in [1.82, 2.24) is 10.6 Å². The van der Waals surface area contributed by atoms with Crippen LogP contribution in [0.25, 0.3) is 0 Å². The first kappa shape index (κ1) is 9.68. The number of piperazine rings is 1. The monoisotopic (exact) mass is 210 g/mol. The number of thiophene rings is 1. The third-order valence-corrected chi connectivity index (χ3v) is 3.33. The van der Waals surface area contributed by atoms with E-state index in [1.807, 2.05) is 6.07 Å². The van der Waals surface area contributed by atoms with E-state index in [2.05, 4.69) is 22.1 Å². The van der Waals surface area contributed by atoms with Crippen molar-refractivity contribution in [2.24, 2.45) is 0 Å². The van der Waals surface area contributed by atoms with E-state index in [4.69, 9.17) is 0 Å². The Morgan fingerprint density at radius 2 is 2.43 bits per heavy atom. The molecular formula is C10H14N2OS. The highest BCUT2D eigenvalue weighted by Crippen LogP contribution is 2.12. The molecule has 1 aromatic rings. The van der Waals surface area contributed by atoms with Crippen molar-refractivity contribution in [3.05, 3.63) is 22.4 Å². The summed E-state index contributed by atoms with van der Waals surface area (Å²) < 4.78 is 0. The third kappa shape index (κ3) is 2.33. The summed E-state index contributed by atoms with van der Waals surface area (Å²) in [5.41, 5.74) is 0. The van der Waals surface area contributed by atoms with Gasteiger partial charge in [0.2, 0.25) is 5.91 Å². The van der Waals surface area contributed by atoms with Crippen molar-refractivity contribution < 1.29 is 4.79 Å². The molecule has 2 rings (SSSR count). The summed E-state index contributed by atoms with van der Waals surface area (Å²) in [6.45, 7) is 1.65. The third-order valence-electron chi connectivity index (χ3n) is 2.39. The normalized spacial score (nSPS) is 22.0. The predicted molar refractivity (Wildman–Crippen MR) is 57.4 cm³/mol. The number of carbonyl (C=O) groups is 1. The number of hydrogen-bond acceptors (Lipinski definition) is 3. The predicted octanol–water partition coefficient (Wildman–Crippen LogP) is 0.769. The molecule has 0 saturated carbocycles. The number of carbonyl (C=O) groups excluding carboxylic acids is 1. The van der Waals surface area contributed by atoms with Gasteiger partial charge in [0.05, 0.1) is 6.04 Å². The van der Waals surface area contributed by atoms with E-state index >= 15 is 0 Å². The van der Waals surface area contributed by atoms with Crippen LogP contribution >= 0.6 is 11.3 Å². The molecule has 1 aliphatic heterocycles. The molecule has 0 spiro atoms. The Kier molecular flexibility index (Phi) is 3.16. The van der Waals surface area contributed by atoms with E-state index in [-0.39, 0.29) is 11.9 Å². The molecule has 0 aromatic carbocycles. The minimum absolute atomic E-state index is 0.00542. The van der Waals surface area contributed by atoms with E-state index in [9.17, 15) is 4.79 Å². The fraction of sp³-hybridized carbons (Fsp3) is 0.500. The number of nitrogens with one attached hydrogen (secondary N) is 2. The highest BCUT2D eigenvalue weighted by molar-refractivity contribution is 7.09. The molecule has 4 heteroatoms. The van der Waals surface area contributed by atoms with Gasteiger partial charge in [-0.05, 0) is 24.3 Å². The second kappa shape index (κ2) is 4.57. The molecule has 1 aliphatic rings. The Bertz CT molecular complexity index is 297. The SMILES string of the molecule is O=C1NCCNC1CCc1cccs1. The van der Waals surface area contributed by atoms with Crippen LogP contribution in [0.1, 0.15) is 11.3 Å². The van der Waals surface area contributed by atoms with Crippen LogP contribution in [-0.4, -0.2) is 25.0 Å². The Balaban J connectivity index is 1.82. The summed E-state index contributed by atoms with van der Waals surface area (Å²) in [7, 11) is 0. The minimum Gasteiger partial charge on any atom is -0.353 e. The van der Waals surface area contributed by atoms with Crippen molar-refractivity contribution in [2.75, 3.05) is 13.1 Å². The molecule has 0 bridgehead atoms. The van der Waals surface area contributed by atoms with Crippen molar-refractivity contribution in [1.29, 1.82) is 0 Å². The quantitative estimate of drug-likeness (QED) is 0.773. The average molecular weight is 210 g/mol. The lowest BCUT2D eigenvalue weighted by Crippen LogP contribution is -2.52. The van der Waals surface area contributed by atoms with Gasteiger partial charge in [-0.25, -0.2) is 0 Å². The molecular weight excluding hydrogens is 196 g/mol. The smallest absolute Gasteiger partial charge is 0.237 e. The summed E-state index contributed by atoms with van der Waals surface area (Å²) in [6.07, 6.45) is 1.88. The molecule has 0 radical (unpaired) electrons. The lowest BCUT2D eigenvalue weighted by Gasteiger charge is -2.23. The number of hydrogen-bond donors (Lipinski definition) is 2. The standard InChI is InChI=1S/C10H14N2OS/c13-10-9(11-5-6-12-10)4-3-8-2-1-7-14-8/h1-2,7,9,11H,3-6H2,(H,12,13). The van der Waals surface area contributed by atoms with Crippen LogP contribution in [0.5, 0.6) is 0 Å². The van der Waals surface area contributed by atoms with Crippen molar-refractivity contribution >= 4 is 17.2 Å². The lowest BCUT2D eigenvalue weighted by molar-refractivity contribution is -0.124. The number of aryl methyl sites for hydroxylation is 1. The zero-order chi connectivity index (χ0) is 9.80. The molecule has 1 saturated heterocycles. The molecule has 1 fully saturated rings. The topological polar surface area (TPSA) is 41.1 Å². The first-order valence-corrected chi connectivity index (χ1v) is 5.78. The molecule has 1 amide bonds. The molecule has 2 heterocycles. The largest absolute Gasteiger partial charge is 0.353 e. The van der Waals surface area contributed by atoms with Gasteiger partial charge in [0.15, 0.2) is 0 Å². The van der Waals surface area contributed by atoms with Gasteiger partial charge in [-0.15, -0.1) is 11.3 Å². The molecule has 0 aliphatic carbocycles. The van der Waals surface area contributed by atoms with Crippen molar-refractivity contribution in [3.8, 4) is 0 Å². The fourth-order valence-electron chi connectivity index (χ4n) is 1.62. The van der Waals surface area contributed by atoms with Crippen LogP contribution in [0, 0.1) is 0 Å². The Morgan fingerprint density at radius 1 is 1.50 bits per heavy atom. The summed E-state index contributed by atoms with van der Waals surface area (Å²) in [6, 6.07) is 4.17. The zero-order valence-electron chi connectivity index (χ0n) is 7.95. The molecule has 3 nitrogen and oxygen atoms in total. The molecule has 1 unspecified atom stereocenters. The van der Waals surface area contributed by atoms with E-state index in [0.717, 1.165) is 25.9 Å². The van der Waals surface area contributed by atoms with Gasteiger partial charge in [0.1, 0.15) is 0 Å².